The number of ether oxygens (including phenoxy) is 4. The minimum absolute atomic E-state index is 0.0916. The second kappa shape index (κ2) is 9.77. The molecule has 0 atom stereocenters. The predicted octanol–water partition coefficient (Wildman–Crippen LogP) is 2.60. The van der Waals surface area contributed by atoms with E-state index in [0.717, 1.165) is 0 Å². The molecule has 3 aromatic rings. The molecule has 0 fully saturated rings. The van der Waals surface area contributed by atoms with Crippen LogP contribution in [0.25, 0.3) is 10.9 Å². The van der Waals surface area contributed by atoms with Crippen molar-refractivity contribution in [1.82, 2.24) is 4.98 Å². The van der Waals surface area contributed by atoms with Gasteiger partial charge in [0, 0.05) is 24.2 Å². The maximum absolute atomic E-state index is 12.7. The lowest BCUT2D eigenvalue weighted by atomic mass is 10.1. The van der Waals surface area contributed by atoms with Gasteiger partial charge in [0.1, 0.15) is 12.2 Å². The second-order valence-corrected chi connectivity index (χ2v) is 6.47. The summed E-state index contributed by atoms with van der Waals surface area (Å²) in [5.74, 6) is -0.257. The van der Waals surface area contributed by atoms with Crippen LogP contribution < -0.4 is 20.3 Å². The van der Waals surface area contributed by atoms with E-state index in [0.29, 0.717) is 41.3 Å². The Labute approximate surface area is 177 Å². The summed E-state index contributed by atoms with van der Waals surface area (Å²) in [6, 6.07) is 11.0. The minimum Gasteiger partial charge on any atom is -0.493 e. The van der Waals surface area contributed by atoms with E-state index in [1.807, 2.05) is 0 Å². The molecule has 1 aromatic heterocycles. The van der Waals surface area contributed by atoms with Crippen LogP contribution in [0.15, 0.2) is 47.3 Å². The molecule has 3 rings (SSSR count). The summed E-state index contributed by atoms with van der Waals surface area (Å²) < 4.78 is 20.6. The van der Waals surface area contributed by atoms with Crippen LogP contribution in [0.1, 0.15) is 20.7 Å². The molecule has 0 aliphatic heterocycles. The number of pyridine rings is 1. The van der Waals surface area contributed by atoms with Gasteiger partial charge in [-0.05, 0) is 30.3 Å². The first kappa shape index (κ1) is 21.8. The fraction of sp³-hybridized carbons (Fsp3) is 0.227. The van der Waals surface area contributed by atoms with E-state index in [1.54, 1.807) is 37.4 Å². The van der Waals surface area contributed by atoms with Gasteiger partial charge >= 0.3 is 5.97 Å². The summed E-state index contributed by atoms with van der Waals surface area (Å²) in [7, 11) is 4.33. The molecule has 0 unspecified atom stereocenters. The minimum atomic E-state index is -0.621. The largest absolute Gasteiger partial charge is 0.493 e. The number of amides is 1. The van der Waals surface area contributed by atoms with Gasteiger partial charge in [-0.1, -0.05) is 6.07 Å². The van der Waals surface area contributed by atoms with Gasteiger partial charge in [0.15, 0.2) is 11.5 Å². The molecule has 31 heavy (non-hydrogen) atoms. The number of rotatable bonds is 8. The molecule has 9 nitrogen and oxygen atoms in total. The van der Waals surface area contributed by atoms with Crippen LogP contribution in [0.5, 0.6) is 11.5 Å². The van der Waals surface area contributed by atoms with Crippen LogP contribution in [0.3, 0.4) is 0 Å². The zero-order valence-corrected chi connectivity index (χ0v) is 17.3. The number of fused-ring (bicyclic) bond motifs is 1. The van der Waals surface area contributed by atoms with Gasteiger partial charge in [-0.15, -0.1) is 0 Å². The standard InChI is InChI=1S/C22H22N2O7/c1-28-7-8-31-19-12-17-14(11-18(19)29-2)10-16(21(26)24-17)20(25)23-15-6-4-5-13(9-15)22(27)30-3/h4-6,9-12H,7-8H2,1-3H3,(H,23,25)(H,24,26). The third-order valence-corrected chi connectivity index (χ3v) is 4.46. The van der Waals surface area contributed by atoms with Crippen LogP contribution in [0.4, 0.5) is 5.69 Å². The molecule has 0 radical (unpaired) electrons. The highest BCUT2D eigenvalue weighted by atomic mass is 16.5. The molecule has 0 spiro atoms. The van der Waals surface area contributed by atoms with Gasteiger partial charge < -0.3 is 29.2 Å². The van der Waals surface area contributed by atoms with Gasteiger partial charge in [-0.3, -0.25) is 9.59 Å². The highest BCUT2D eigenvalue weighted by Crippen LogP contribution is 2.31. The van der Waals surface area contributed by atoms with Crippen LogP contribution in [-0.2, 0) is 9.47 Å². The summed E-state index contributed by atoms with van der Waals surface area (Å²) in [6.45, 7) is 0.710. The Bertz CT molecular complexity index is 1170. The summed E-state index contributed by atoms with van der Waals surface area (Å²) >= 11 is 0. The Balaban J connectivity index is 1.91. The number of aromatic nitrogens is 1. The van der Waals surface area contributed by atoms with E-state index in [2.05, 4.69) is 15.0 Å². The van der Waals surface area contributed by atoms with Crippen molar-refractivity contribution in [3.8, 4) is 11.5 Å². The number of esters is 1. The normalized spacial score (nSPS) is 10.5. The topological polar surface area (TPSA) is 116 Å². The first-order valence-corrected chi connectivity index (χ1v) is 9.33. The molecular weight excluding hydrogens is 404 g/mol. The third kappa shape index (κ3) is 5.01. The monoisotopic (exact) mass is 426 g/mol. The van der Waals surface area contributed by atoms with Crippen LogP contribution >= 0.6 is 0 Å². The van der Waals surface area contributed by atoms with Gasteiger partial charge in [0.05, 0.1) is 31.9 Å². The van der Waals surface area contributed by atoms with Gasteiger partial charge in [0.2, 0.25) is 0 Å². The fourth-order valence-corrected chi connectivity index (χ4v) is 2.93. The Morgan fingerprint density at radius 1 is 1.00 bits per heavy atom. The lowest BCUT2D eigenvalue weighted by molar-refractivity contribution is 0.0600. The Morgan fingerprint density at radius 2 is 1.81 bits per heavy atom. The second-order valence-electron chi connectivity index (χ2n) is 6.47. The van der Waals surface area contributed by atoms with Crippen LogP contribution in [0.2, 0.25) is 0 Å². The van der Waals surface area contributed by atoms with E-state index >= 15 is 0 Å². The number of hydrogen-bond donors (Lipinski definition) is 2. The zero-order chi connectivity index (χ0) is 22.4. The van der Waals surface area contributed by atoms with Crippen LogP contribution in [0, 0.1) is 0 Å². The fourth-order valence-electron chi connectivity index (χ4n) is 2.93. The average molecular weight is 426 g/mol. The third-order valence-electron chi connectivity index (χ3n) is 4.46. The molecule has 2 aromatic carbocycles. The summed E-state index contributed by atoms with van der Waals surface area (Å²) in [5.41, 5.74) is 0.459. The number of benzene rings is 2. The Morgan fingerprint density at radius 3 is 2.52 bits per heavy atom. The maximum atomic E-state index is 12.7. The molecule has 0 saturated carbocycles. The molecule has 162 valence electrons. The highest BCUT2D eigenvalue weighted by molar-refractivity contribution is 6.06. The van der Waals surface area contributed by atoms with E-state index in [-0.39, 0.29) is 11.1 Å². The molecule has 0 aliphatic carbocycles. The summed E-state index contributed by atoms with van der Waals surface area (Å²) in [6.07, 6.45) is 0. The van der Waals surface area contributed by atoms with Crippen molar-refractivity contribution in [3.63, 3.8) is 0 Å². The van der Waals surface area contributed by atoms with Crippen molar-refractivity contribution >= 4 is 28.5 Å². The van der Waals surface area contributed by atoms with Crippen molar-refractivity contribution in [2.75, 3.05) is 39.9 Å². The van der Waals surface area contributed by atoms with Gasteiger partial charge in [0.25, 0.3) is 11.5 Å². The molecule has 1 amide bonds. The molecule has 9 heteroatoms. The lowest BCUT2D eigenvalue weighted by Gasteiger charge is -2.12. The number of methoxy groups -OCH3 is 3. The number of aromatic amines is 1. The van der Waals surface area contributed by atoms with E-state index in [9.17, 15) is 14.4 Å². The predicted molar refractivity (Wildman–Crippen MR) is 114 cm³/mol. The van der Waals surface area contributed by atoms with Crippen molar-refractivity contribution in [3.05, 3.63) is 63.9 Å². The van der Waals surface area contributed by atoms with Crippen molar-refractivity contribution < 1.29 is 28.5 Å². The van der Waals surface area contributed by atoms with E-state index in [1.165, 1.54) is 26.4 Å². The molecular formula is C22H22N2O7. The summed E-state index contributed by atoms with van der Waals surface area (Å²) in [5, 5.41) is 3.21. The molecule has 0 bridgehead atoms. The van der Waals surface area contributed by atoms with Gasteiger partial charge in [-0.2, -0.15) is 0 Å². The molecule has 2 N–H and O–H groups in total. The summed E-state index contributed by atoms with van der Waals surface area (Å²) in [4.78, 5) is 39.6. The Hall–Kier alpha value is -3.85. The SMILES string of the molecule is COCCOc1cc2[nH]c(=O)c(C(=O)Nc3cccc(C(=O)OC)c3)cc2cc1OC. The van der Waals surface area contributed by atoms with Gasteiger partial charge in [-0.25, -0.2) is 4.79 Å². The van der Waals surface area contributed by atoms with Crippen molar-refractivity contribution in [1.29, 1.82) is 0 Å². The highest BCUT2D eigenvalue weighted by Gasteiger charge is 2.16. The quantitative estimate of drug-likeness (QED) is 0.420. The molecule has 1 heterocycles. The van der Waals surface area contributed by atoms with E-state index < -0.39 is 17.4 Å². The lowest BCUT2D eigenvalue weighted by Crippen LogP contribution is -2.23. The first-order chi connectivity index (χ1) is 15.0. The molecule has 0 aliphatic rings. The number of carbonyl (C=O) groups excluding carboxylic acids is 2. The number of hydrogen-bond acceptors (Lipinski definition) is 7. The zero-order valence-electron chi connectivity index (χ0n) is 17.3. The van der Waals surface area contributed by atoms with Crippen LogP contribution in [-0.4, -0.2) is 51.4 Å². The first-order valence-electron chi connectivity index (χ1n) is 9.33. The number of nitrogens with one attached hydrogen (secondary N) is 2. The maximum Gasteiger partial charge on any atom is 0.337 e. The van der Waals surface area contributed by atoms with Crippen molar-refractivity contribution in [2.24, 2.45) is 0 Å². The Kier molecular flexibility index (Phi) is 6.88. The average Bonchev–Trinajstić information content (AvgIpc) is 2.78. The van der Waals surface area contributed by atoms with Crippen molar-refractivity contribution in [2.45, 2.75) is 0 Å². The number of anilines is 1. The van der Waals surface area contributed by atoms with E-state index in [4.69, 9.17) is 14.2 Å². The molecule has 0 saturated heterocycles. The smallest absolute Gasteiger partial charge is 0.337 e. The number of H-pyrrole nitrogens is 1. The number of carbonyl (C=O) groups is 2.